The first kappa shape index (κ1) is 19.1. The number of non-ortho nitro benzene ring substituents is 1. The van der Waals surface area contributed by atoms with E-state index in [2.05, 4.69) is 10.5 Å². The summed E-state index contributed by atoms with van der Waals surface area (Å²) in [5.74, 6) is -0.438. The molecule has 0 saturated heterocycles. The third-order valence-corrected chi connectivity index (χ3v) is 3.66. The van der Waals surface area contributed by atoms with Crippen LogP contribution < -0.4 is 10.3 Å². The van der Waals surface area contributed by atoms with Crippen molar-refractivity contribution in [2.24, 2.45) is 5.10 Å². The van der Waals surface area contributed by atoms with Crippen LogP contribution in [0.4, 0.5) is 11.4 Å². The standard InChI is InChI=1S/C18H20N4O4/c1-21(2)16-10-9-15(22(24)25)11-14(16)12-19-20-18(23)17(26-3)13-7-5-4-6-8-13/h4-12,17H,1-3H3,(H,20,23)/b19-12-/t17-/m1/s1. The topological polar surface area (TPSA) is 97.1 Å². The van der Waals surface area contributed by atoms with Crippen LogP contribution in [-0.4, -0.2) is 38.3 Å². The highest BCUT2D eigenvalue weighted by Gasteiger charge is 2.19. The number of hydrogen-bond acceptors (Lipinski definition) is 6. The van der Waals surface area contributed by atoms with E-state index in [9.17, 15) is 14.9 Å². The van der Waals surface area contributed by atoms with E-state index in [0.29, 0.717) is 11.1 Å². The minimum atomic E-state index is -0.799. The molecule has 2 rings (SSSR count). The predicted octanol–water partition coefficient (Wildman–Crippen LogP) is 2.50. The molecule has 0 radical (unpaired) electrons. The molecular formula is C18H20N4O4. The summed E-state index contributed by atoms with van der Waals surface area (Å²) in [5.41, 5.74) is 4.31. The Bertz CT molecular complexity index is 806. The smallest absolute Gasteiger partial charge is 0.273 e. The molecule has 0 aliphatic carbocycles. The average molecular weight is 356 g/mol. The molecule has 0 bridgehead atoms. The Labute approximate surface area is 151 Å². The second-order valence-corrected chi connectivity index (χ2v) is 5.66. The molecule has 8 nitrogen and oxygen atoms in total. The first-order valence-electron chi connectivity index (χ1n) is 7.80. The summed E-state index contributed by atoms with van der Waals surface area (Å²) < 4.78 is 5.23. The number of amides is 1. The van der Waals surface area contributed by atoms with Crippen molar-refractivity contribution in [2.75, 3.05) is 26.1 Å². The fraction of sp³-hybridized carbons (Fsp3) is 0.222. The number of anilines is 1. The van der Waals surface area contributed by atoms with Crippen molar-refractivity contribution in [1.82, 2.24) is 5.43 Å². The Morgan fingerprint density at radius 3 is 2.54 bits per heavy atom. The minimum Gasteiger partial charge on any atom is -0.377 e. The number of hydrazone groups is 1. The number of benzene rings is 2. The van der Waals surface area contributed by atoms with Crippen LogP contribution in [0.5, 0.6) is 0 Å². The van der Waals surface area contributed by atoms with E-state index in [1.54, 1.807) is 23.1 Å². The lowest BCUT2D eigenvalue weighted by molar-refractivity contribution is -0.384. The van der Waals surface area contributed by atoms with Gasteiger partial charge in [-0.1, -0.05) is 30.3 Å². The van der Waals surface area contributed by atoms with Crippen molar-refractivity contribution >= 4 is 23.5 Å². The van der Waals surface area contributed by atoms with Gasteiger partial charge in [-0.05, 0) is 11.6 Å². The van der Waals surface area contributed by atoms with Crippen molar-refractivity contribution in [3.05, 3.63) is 69.8 Å². The third-order valence-electron chi connectivity index (χ3n) is 3.66. The summed E-state index contributed by atoms with van der Waals surface area (Å²) >= 11 is 0. The van der Waals surface area contributed by atoms with E-state index in [0.717, 1.165) is 5.69 Å². The largest absolute Gasteiger partial charge is 0.377 e. The summed E-state index contributed by atoms with van der Waals surface area (Å²) in [7, 11) is 5.06. The zero-order chi connectivity index (χ0) is 19.1. The van der Waals surface area contributed by atoms with Gasteiger partial charge in [0.1, 0.15) is 0 Å². The lowest BCUT2D eigenvalue weighted by Crippen LogP contribution is -2.26. The number of nitro benzene ring substituents is 1. The van der Waals surface area contributed by atoms with Crippen LogP contribution >= 0.6 is 0 Å². The quantitative estimate of drug-likeness (QED) is 0.467. The molecule has 0 aliphatic heterocycles. The monoisotopic (exact) mass is 356 g/mol. The summed E-state index contributed by atoms with van der Waals surface area (Å²) in [6.07, 6.45) is 0.574. The van der Waals surface area contributed by atoms with Gasteiger partial charge in [-0.15, -0.1) is 0 Å². The average Bonchev–Trinajstić information content (AvgIpc) is 2.63. The molecule has 1 amide bonds. The molecule has 0 fully saturated rings. The van der Waals surface area contributed by atoms with Crippen molar-refractivity contribution in [2.45, 2.75) is 6.10 Å². The molecular weight excluding hydrogens is 336 g/mol. The molecule has 1 atom stereocenters. The van der Waals surface area contributed by atoms with Gasteiger partial charge in [0.25, 0.3) is 11.6 Å². The van der Waals surface area contributed by atoms with Gasteiger partial charge in [0.15, 0.2) is 6.10 Å². The van der Waals surface area contributed by atoms with Crippen LogP contribution in [0, 0.1) is 10.1 Å². The number of carbonyl (C=O) groups is 1. The summed E-state index contributed by atoms with van der Waals surface area (Å²) in [5, 5.41) is 14.9. The summed E-state index contributed by atoms with van der Waals surface area (Å²) in [6, 6.07) is 13.5. The molecule has 0 heterocycles. The fourth-order valence-electron chi connectivity index (χ4n) is 2.41. The van der Waals surface area contributed by atoms with E-state index in [4.69, 9.17) is 4.74 Å². The number of nitro groups is 1. The highest BCUT2D eigenvalue weighted by atomic mass is 16.6. The van der Waals surface area contributed by atoms with Crippen molar-refractivity contribution in [3.8, 4) is 0 Å². The lowest BCUT2D eigenvalue weighted by Gasteiger charge is -2.15. The number of carbonyl (C=O) groups excluding carboxylic acids is 1. The first-order chi connectivity index (χ1) is 12.4. The number of nitrogens with zero attached hydrogens (tertiary/aromatic N) is 3. The lowest BCUT2D eigenvalue weighted by atomic mass is 10.1. The van der Waals surface area contributed by atoms with Gasteiger partial charge >= 0.3 is 0 Å². The van der Waals surface area contributed by atoms with Crippen molar-refractivity contribution in [1.29, 1.82) is 0 Å². The zero-order valence-electron chi connectivity index (χ0n) is 14.7. The Morgan fingerprint density at radius 2 is 1.96 bits per heavy atom. The Balaban J connectivity index is 2.17. The van der Waals surface area contributed by atoms with E-state index < -0.39 is 16.9 Å². The van der Waals surface area contributed by atoms with Crippen LogP contribution in [0.3, 0.4) is 0 Å². The maximum atomic E-state index is 12.3. The highest BCUT2D eigenvalue weighted by Crippen LogP contribution is 2.22. The highest BCUT2D eigenvalue weighted by molar-refractivity contribution is 5.90. The SMILES string of the molecule is CO[C@@H](C(=O)N/N=C\c1cc([N+](=O)[O-])ccc1N(C)C)c1ccccc1. The van der Waals surface area contributed by atoms with Crippen LogP contribution in [-0.2, 0) is 9.53 Å². The van der Waals surface area contributed by atoms with Gasteiger partial charge in [0, 0.05) is 44.6 Å². The van der Waals surface area contributed by atoms with Gasteiger partial charge in [0.05, 0.1) is 11.1 Å². The molecule has 0 saturated carbocycles. The number of methoxy groups -OCH3 is 1. The molecule has 26 heavy (non-hydrogen) atoms. The second-order valence-electron chi connectivity index (χ2n) is 5.66. The maximum absolute atomic E-state index is 12.3. The molecule has 0 aliphatic rings. The van der Waals surface area contributed by atoms with Crippen LogP contribution in [0.1, 0.15) is 17.2 Å². The molecule has 1 N–H and O–H groups in total. The number of hydrogen-bond donors (Lipinski definition) is 1. The maximum Gasteiger partial charge on any atom is 0.273 e. The molecule has 2 aromatic rings. The van der Waals surface area contributed by atoms with E-state index >= 15 is 0 Å². The Hall–Kier alpha value is -3.26. The van der Waals surface area contributed by atoms with E-state index in [1.807, 2.05) is 32.3 Å². The molecule has 0 spiro atoms. The number of nitrogens with one attached hydrogen (secondary N) is 1. The van der Waals surface area contributed by atoms with E-state index in [1.165, 1.54) is 25.5 Å². The van der Waals surface area contributed by atoms with Gasteiger partial charge in [0.2, 0.25) is 0 Å². The predicted molar refractivity (Wildman–Crippen MR) is 99.4 cm³/mol. The minimum absolute atomic E-state index is 0.0533. The van der Waals surface area contributed by atoms with Gasteiger partial charge in [-0.25, -0.2) is 5.43 Å². The van der Waals surface area contributed by atoms with Gasteiger partial charge in [-0.2, -0.15) is 5.10 Å². The molecule has 8 heteroatoms. The fourth-order valence-corrected chi connectivity index (χ4v) is 2.41. The van der Waals surface area contributed by atoms with Crippen LogP contribution in [0.25, 0.3) is 0 Å². The molecule has 2 aromatic carbocycles. The molecule has 0 unspecified atom stereocenters. The second kappa shape index (κ2) is 8.72. The van der Waals surface area contributed by atoms with E-state index in [-0.39, 0.29) is 5.69 Å². The summed E-state index contributed by atoms with van der Waals surface area (Å²) in [4.78, 5) is 24.6. The Kier molecular flexibility index (Phi) is 6.40. The van der Waals surface area contributed by atoms with Crippen LogP contribution in [0.2, 0.25) is 0 Å². The summed E-state index contributed by atoms with van der Waals surface area (Å²) in [6.45, 7) is 0. The normalized spacial score (nSPS) is 12.0. The number of rotatable bonds is 7. The van der Waals surface area contributed by atoms with Crippen molar-refractivity contribution in [3.63, 3.8) is 0 Å². The van der Waals surface area contributed by atoms with Gasteiger partial charge < -0.3 is 9.64 Å². The van der Waals surface area contributed by atoms with Gasteiger partial charge in [-0.3, -0.25) is 14.9 Å². The Morgan fingerprint density at radius 1 is 1.27 bits per heavy atom. The third kappa shape index (κ3) is 4.64. The zero-order valence-corrected chi connectivity index (χ0v) is 14.7. The number of ether oxygens (including phenoxy) is 1. The molecule has 0 aromatic heterocycles. The first-order valence-corrected chi connectivity index (χ1v) is 7.80. The molecule has 136 valence electrons. The van der Waals surface area contributed by atoms with Crippen LogP contribution in [0.15, 0.2) is 53.6 Å². The van der Waals surface area contributed by atoms with Crippen molar-refractivity contribution < 1.29 is 14.5 Å².